The summed E-state index contributed by atoms with van der Waals surface area (Å²) < 4.78 is 2.94. The van der Waals surface area contributed by atoms with Crippen LogP contribution in [0.2, 0.25) is 5.02 Å². The fourth-order valence-electron chi connectivity index (χ4n) is 5.91. The van der Waals surface area contributed by atoms with Gasteiger partial charge < -0.3 is 10.2 Å². The molecule has 0 unspecified atom stereocenters. The molecule has 0 spiro atoms. The Morgan fingerprint density at radius 2 is 1.67 bits per heavy atom. The van der Waals surface area contributed by atoms with Crippen molar-refractivity contribution in [2.45, 2.75) is 58.8 Å². The van der Waals surface area contributed by atoms with Crippen molar-refractivity contribution in [3.8, 4) is 5.69 Å². The third-order valence-electron chi connectivity index (χ3n) is 8.66. The van der Waals surface area contributed by atoms with Gasteiger partial charge in [-0.2, -0.15) is 5.10 Å². The normalized spacial score (nSPS) is 14.1. The first-order valence-electron chi connectivity index (χ1n) is 15.8. The number of anilines is 2. The topological polar surface area (TPSA) is 79.3 Å². The van der Waals surface area contributed by atoms with Crippen molar-refractivity contribution in [1.29, 1.82) is 0 Å². The van der Waals surface area contributed by atoms with Gasteiger partial charge in [0.05, 0.1) is 17.8 Å². The number of carbonyl (C=O) groups excluding carboxylic acids is 2. The minimum atomic E-state index is -0.322. The molecule has 7 nitrogen and oxygen atoms in total. The average Bonchev–Trinajstić information content (AvgIpc) is 3.63. The third-order valence-corrected chi connectivity index (χ3v) is 9.91. The van der Waals surface area contributed by atoms with E-state index in [0.717, 1.165) is 70.6 Å². The van der Waals surface area contributed by atoms with Crippen LogP contribution >= 0.6 is 22.9 Å². The van der Waals surface area contributed by atoms with Crippen LogP contribution in [0, 0.1) is 12.8 Å². The maximum Gasteiger partial charge on any atom is 0.324 e. The first-order chi connectivity index (χ1) is 22.0. The summed E-state index contributed by atoms with van der Waals surface area (Å²) in [5, 5.41) is 14.6. The molecular weight excluding hydrogens is 614 g/mol. The fourth-order valence-corrected chi connectivity index (χ4v) is 7.02. The molecule has 1 saturated heterocycles. The molecule has 0 atom stereocenters. The summed E-state index contributed by atoms with van der Waals surface area (Å²) in [6.45, 7) is 9.92. The number of halogens is 1. The monoisotopic (exact) mass is 653 g/mol. The molecule has 6 rings (SSSR count). The molecule has 0 radical (unpaired) electrons. The van der Waals surface area contributed by atoms with Crippen molar-refractivity contribution in [3.05, 3.63) is 106 Å². The smallest absolute Gasteiger partial charge is 0.324 e. The molecule has 3 heterocycles. The minimum absolute atomic E-state index is 0.167. The Morgan fingerprint density at radius 1 is 0.957 bits per heavy atom. The zero-order valence-electron chi connectivity index (χ0n) is 26.8. The van der Waals surface area contributed by atoms with Crippen molar-refractivity contribution in [3.63, 3.8) is 0 Å². The Kier molecular flexibility index (Phi) is 9.20. The van der Waals surface area contributed by atoms with Gasteiger partial charge in [0, 0.05) is 40.0 Å². The molecule has 5 aromatic rings. The first kappa shape index (κ1) is 31.8. The Balaban J connectivity index is 1.01. The van der Waals surface area contributed by atoms with Gasteiger partial charge in [0.15, 0.2) is 0 Å². The molecule has 238 valence electrons. The Bertz CT molecular complexity index is 1850. The van der Waals surface area contributed by atoms with Crippen LogP contribution < -0.4 is 10.6 Å². The van der Waals surface area contributed by atoms with E-state index >= 15 is 0 Å². The summed E-state index contributed by atoms with van der Waals surface area (Å²) in [6.07, 6.45) is 3.33. The van der Waals surface area contributed by atoms with Gasteiger partial charge in [-0.05, 0) is 96.5 Å². The summed E-state index contributed by atoms with van der Waals surface area (Å²) in [4.78, 5) is 28.2. The highest BCUT2D eigenvalue weighted by atomic mass is 35.5. The molecule has 1 fully saturated rings. The molecule has 0 bridgehead atoms. The molecule has 9 heteroatoms. The summed E-state index contributed by atoms with van der Waals surface area (Å²) in [5.41, 5.74) is 5.78. The molecule has 1 aliphatic heterocycles. The largest absolute Gasteiger partial charge is 0.342 e. The van der Waals surface area contributed by atoms with E-state index in [1.54, 1.807) is 16.0 Å². The molecular formula is C37H40ClN5O2S. The van der Waals surface area contributed by atoms with Crippen molar-refractivity contribution in [2.24, 2.45) is 5.92 Å². The number of aryl methyl sites for hydroxylation is 1. The van der Waals surface area contributed by atoms with Gasteiger partial charge in [-0.15, -0.1) is 11.3 Å². The van der Waals surface area contributed by atoms with E-state index in [4.69, 9.17) is 16.7 Å². The van der Waals surface area contributed by atoms with Crippen LogP contribution in [0.4, 0.5) is 16.3 Å². The molecule has 0 saturated carbocycles. The molecule has 0 aliphatic carbocycles. The van der Waals surface area contributed by atoms with Gasteiger partial charge in [-0.3, -0.25) is 10.1 Å². The van der Waals surface area contributed by atoms with Crippen molar-refractivity contribution >= 4 is 56.5 Å². The van der Waals surface area contributed by atoms with E-state index in [0.29, 0.717) is 23.2 Å². The number of nitrogens with one attached hydrogen (secondary N) is 2. The number of rotatable bonds is 7. The lowest BCUT2D eigenvalue weighted by molar-refractivity contribution is -0.131. The third kappa shape index (κ3) is 7.45. The van der Waals surface area contributed by atoms with Crippen LogP contribution in [0.15, 0.2) is 78.2 Å². The standard InChI is InChI=1S/C37H40ClN5O2S/c1-24-5-12-30(13-6-24)43-34(22-33(41-43)37(2,3)4)40-36(45)39-29-10-7-25(8-11-29)19-26-15-17-42(18-16-26)35(44)20-27-23-46-32-14-9-28(38)21-31(27)32/h5-14,21-23,26H,15-20H2,1-4H3,(H2,39,40,45). The first-order valence-corrected chi connectivity index (χ1v) is 17.1. The highest BCUT2D eigenvalue weighted by molar-refractivity contribution is 7.17. The van der Waals surface area contributed by atoms with E-state index in [1.807, 2.05) is 72.5 Å². The summed E-state index contributed by atoms with van der Waals surface area (Å²) in [5.74, 6) is 1.31. The van der Waals surface area contributed by atoms with Crippen LogP contribution in [0.25, 0.3) is 15.8 Å². The lowest BCUT2D eigenvalue weighted by Gasteiger charge is -2.32. The fraction of sp³-hybridized carbons (Fsp3) is 0.324. The van der Waals surface area contributed by atoms with Crippen LogP contribution in [-0.2, 0) is 23.1 Å². The van der Waals surface area contributed by atoms with Gasteiger partial charge in [-0.25, -0.2) is 9.48 Å². The number of carbonyl (C=O) groups is 2. The van der Waals surface area contributed by atoms with E-state index < -0.39 is 0 Å². The maximum atomic E-state index is 13.1. The summed E-state index contributed by atoms with van der Waals surface area (Å²) >= 11 is 7.86. The van der Waals surface area contributed by atoms with E-state index in [-0.39, 0.29) is 17.4 Å². The number of benzene rings is 3. The number of fused-ring (bicyclic) bond motifs is 1. The lowest BCUT2D eigenvalue weighted by Crippen LogP contribution is -2.39. The Labute approximate surface area is 279 Å². The van der Waals surface area contributed by atoms with Gasteiger partial charge >= 0.3 is 6.03 Å². The maximum absolute atomic E-state index is 13.1. The van der Waals surface area contributed by atoms with Gasteiger partial charge in [-0.1, -0.05) is 62.2 Å². The Hall–Kier alpha value is -4.14. The van der Waals surface area contributed by atoms with E-state index in [1.165, 1.54) is 5.56 Å². The second-order valence-corrected chi connectivity index (χ2v) is 14.6. The zero-order valence-corrected chi connectivity index (χ0v) is 28.3. The van der Waals surface area contributed by atoms with Gasteiger partial charge in [0.1, 0.15) is 5.82 Å². The molecule has 3 amide bonds. The van der Waals surface area contributed by atoms with E-state index in [9.17, 15) is 9.59 Å². The number of urea groups is 1. The highest BCUT2D eigenvalue weighted by Gasteiger charge is 2.24. The highest BCUT2D eigenvalue weighted by Crippen LogP contribution is 2.31. The molecule has 3 aromatic carbocycles. The second-order valence-electron chi connectivity index (χ2n) is 13.3. The quantitative estimate of drug-likeness (QED) is 0.184. The predicted molar refractivity (Wildman–Crippen MR) is 190 cm³/mol. The van der Waals surface area contributed by atoms with Crippen molar-refractivity contribution in [2.75, 3.05) is 23.7 Å². The Morgan fingerprint density at radius 3 is 2.37 bits per heavy atom. The van der Waals surface area contributed by atoms with Crippen LogP contribution in [0.1, 0.15) is 56.0 Å². The number of likely N-dealkylation sites (tertiary alicyclic amines) is 1. The van der Waals surface area contributed by atoms with Gasteiger partial charge in [0.2, 0.25) is 5.91 Å². The number of thiophene rings is 1. The number of hydrogen-bond donors (Lipinski definition) is 2. The molecule has 2 N–H and O–H groups in total. The number of hydrogen-bond acceptors (Lipinski definition) is 4. The molecule has 46 heavy (non-hydrogen) atoms. The number of amides is 3. The lowest BCUT2D eigenvalue weighted by atomic mass is 9.90. The number of nitrogens with zero attached hydrogens (tertiary/aromatic N) is 3. The van der Waals surface area contributed by atoms with Crippen molar-refractivity contribution < 1.29 is 9.59 Å². The zero-order chi connectivity index (χ0) is 32.4. The van der Waals surface area contributed by atoms with E-state index in [2.05, 4.69) is 48.9 Å². The summed E-state index contributed by atoms with van der Waals surface area (Å²) in [6, 6.07) is 23.6. The molecule has 2 aromatic heterocycles. The SMILES string of the molecule is Cc1ccc(-n2nc(C(C)(C)C)cc2NC(=O)Nc2ccc(CC3CCN(C(=O)Cc4csc5ccc(Cl)cc45)CC3)cc2)cc1. The van der Waals surface area contributed by atoms with Crippen LogP contribution in [0.3, 0.4) is 0 Å². The number of piperidine rings is 1. The van der Waals surface area contributed by atoms with Crippen LogP contribution in [-0.4, -0.2) is 39.7 Å². The second kappa shape index (κ2) is 13.3. The average molecular weight is 654 g/mol. The molecule has 1 aliphatic rings. The van der Waals surface area contributed by atoms with Gasteiger partial charge in [0.25, 0.3) is 0 Å². The number of aromatic nitrogens is 2. The predicted octanol–water partition coefficient (Wildman–Crippen LogP) is 9.01. The van der Waals surface area contributed by atoms with Crippen molar-refractivity contribution in [1.82, 2.24) is 14.7 Å². The minimum Gasteiger partial charge on any atom is -0.342 e. The van der Waals surface area contributed by atoms with Crippen LogP contribution in [0.5, 0.6) is 0 Å². The summed E-state index contributed by atoms with van der Waals surface area (Å²) in [7, 11) is 0.